The zero-order valence-corrected chi connectivity index (χ0v) is 15.2. The number of hydrogen-bond acceptors (Lipinski definition) is 5. The van der Waals surface area contributed by atoms with E-state index in [1.165, 1.54) is 16.9 Å². The van der Waals surface area contributed by atoms with Crippen molar-refractivity contribution in [2.45, 2.75) is 20.5 Å². The Balaban J connectivity index is 1.73. The lowest BCUT2D eigenvalue weighted by molar-refractivity contribution is 0.569. The van der Waals surface area contributed by atoms with Gasteiger partial charge in [-0.2, -0.15) is 5.10 Å². The van der Waals surface area contributed by atoms with Gasteiger partial charge >= 0.3 is 0 Å². The van der Waals surface area contributed by atoms with E-state index in [0.717, 1.165) is 21.7 Å². The molecule has 25 heavy (non-hydrogen) atoms. The molecule has 0 amide bonds. The van der Waals surface area contributed by atoms with Gasteiger partial charge in [0.15, 0.2) is 4.80 Å². The van der Waals surface area contributed by atoms with Crippen molar-refractivity contribution in [3.05, 3.63) is 67.0 Å². The topological polar surface area (TPSA) is 55.4 Å². The molecule has 7 heteroatoms. The van der Waals surface area contributed by atoms with Crippen molar-refractivity contribution < 1.29 is 0 Å². The van der Waals surface area contributed by atoms with Crippen LogP contribution in [0.3, 0.4) is 0 Å². The first-order chi connectivity index (χ1) is 12.0. The summed E-state index contributed by atoms with van der Waals surface area (Å²) in [5.74, 6) is 0. The molecule has 1 aromatic carbocycles. The standard InChI is InChI=1S/C18H19N5OS/c1-12-4-6-15(7-5-12)22-10-19-18-23(11-22)17(24)16(25-18)8-14-9-21(3)20-13(14)2/h4-9H,10-11H2,1-3H3. The zero-order valence-electron chi connectivity index (χ0n) is 14.4. The predicted molar refractivity (Wildman–Crippen MR) is 99.4 cm³/mol. The van der Waals surface area contributed by atoms with Crippen LogP contribution in [0.1, 0.15) is 16.8 Å². The molecule has 128 valence electrons. The molecule has 0 spiro atoms. The van der Waals surface area contributed by atoms with Gasteiger partial charge in [0, 0.05) is 24.5 Å². The predicted octanol–water partition coefficient (Wildman–Crippen LogP) is 1.14. The summed E-state index contributed by atoms with van der Waals surface area (Å²) in [4.78, 5) is 20.3. The van der Waals surface area contributed by atoms with Gasteiger partial charge in [-0.15, -0.1) is 0 Å². The number of benzene rings is 1. The van der Waals surface area contributed by atoms with E-state index in [1.807, 2.05) is 26.2 Å². The second-order valence-electron chi connectivity index (χ2n) is 6.29. The number of fused-ring (bicyclic) bond motifs is 1. The van der Waals surface area contributed by atoms with Crippen molar-refractivity contribution in [1.29, 1.82) is 0 Å². The lowest BCUT2D eigenvalue weighted by Crippen LogP contribution is -2.42. The SMILES string of the molecule is Cc1ccc(N2CN=c3sc(=Cc4cn(C)nc4C)c(=O)n3C2)cc1. The van der Waals surface area contributed by atoms with Crippen LogP contribution in [-0.2, 0) is 13.7 Å². The van der Waals surface area contributed by atoms with E-state index >= 15 is 0 Å². The molecule has 4 rings (SSSR count). The summed E-state index contributed by atoms with van der Waals surface area (Å²) < 4.78 is 4.20. The van der Waals surface area contributed by atoms with Gasteiger partial charge in [-0.25, -0.2) is 4.99 Å². The Hall–Kier alpha value is -2.67. The minimum Gasteiger partial charge on any atom is -0.334 e. The van der Waals surface area contributed by atoms with Crippen LogP contribution in [0.15, 0.2) is 40.2 Å². The third-order valence-electron chi connectivity index (χ3n) is 4.31. The lowest BCUT2D eigenvalue weighted by atomic mass is 10.2. The molecule has 0 saturated heterocycles. The van der Waals surface area contributed by atoms with E-state index in [9.17, 15) is 4.79 Å². The number of aromatic nitrogens is 3. The first-order valence-electron chi connectivity index (χ1n) is 8.09. The van der Waals surface area contributed by atoms with Crippen LogP contribution in [0.5, 0.6) is 0 Å². The first-order valence-corrected chi connectivity index (χ1v) is 8.90. The summed E-state index contributed by atoms with van der Waals surface area (Å²) in [6.45, 7) is 5.10. The molecular weight excluding hydrogens is 334 g/mol. The van der Waals surface area contributed by atoms with Gasteiger partial charge in [-0.3, -0.25) is 14.0 Å². The third-order valence-corrected chi connectivity index (χ3v) is 5.36. The second-order valence-corrected chi connectivity index (χ2v) is 7.30. The van der Waals surface area contributed by atoms with Crippen molar-refractivity contribution in [1.82, 2.24) is 14.3 Å². The van der Waals surface area contributed by atoms with E-state index in [2.05, 4.69) is 46.2 Å². The maximum absolute atomic E-state index is 12.8. The minimum atomic E-state index is 0.00353. The Morgan fingerprint density at radius 2 is 1.96 bits per heavy atom. The Kier molecular flexibility index (Phi) is 3.80. The molecule has 0 bridgehead atoms. The monoisotopic (exact) mass is 353 g/mol. The van der Waals surface area contributed by atoms with Gasteiger partial charge in [-0.05, 0) is 32.1 Å². The molecule has 0 N–H and O–H groups in total. The smallest absolute Gasteiger partial charge is 0.271 e. The summed E-state index contributed by atoms with van der Waals surface area (Å²) in [5.41, 5.74) is 4.18. The molecule has 0 aliphatic carbocycles. The molecule has 3 heterocycles. The molecule has 6 nitrogen and oxygen atoms in total. The quantitative estimate of drug-likeness (QED) is 0.694. The van der Waals surface area contributed by atoms with E-state index in [1.54, 1.807) is 9.25 Å². The van der Waals surface area contributed by atoms with Crippen LogP contribution in [-0.4, -0.2) is 21.0 Å². The fraction of sp³-hybridized carbons (Fsp3) is 0.278. The maximum Gasteiger partial charge on any atom is 0.271 e. The van der Waals surface area contributed by atoms with Gasteiger partial charge in [0.2, 0.25) is 0 Å². The molecule has 1 aliphatic heterocycles. The molecule has 0 radical (unpaired) electrons. The van der Waals surface area contributed by atoms with E-state index in [0.29, 0.717) is 17.9 Å². The molecule has 0 saturated carbocycles. The molecular formula is C18H19N5OS. The number of nitrogens with zero attached hydrogens (tertiary/aromatic N) is 5. The van der Waals surface area contributed by atoms with Crippen molar-refractivity contribution in [3.63, 3.8) is 0 Å². The highest BCUT2D eigenvalue weighted by Crippen LogP contribution is 2.16. The van der Waals surface area contributed by atoms with Gasteiger partial charge < -0.3 is 4.90 Å². The highest BCUT2D eigenvalue weighted by atomic mass is 32.1. The number of rotatable bonds is 2. The van der Waals surface area contributed by atoms with Crippen LogP contribution >= 0.6 is 11.3 Å². The molecule has 0 unspecified atom stereocenters. The average Bonchev–Trinajstić information content (AvgIpc) is 3.07. The van der Waals surface area contributed by atoms with Crippen LogP contribution < -0.4 is 19.8 Å². The minimum absolute atomic E-state index is 0.00353. The normalized spacial score (nSPS) is 14.5. The Morgan fingerprint density at radius 3 is 2.64 bits per heavy atom. The maximum atomic E-state index is 12.8. The molecule has 3 aromatic rings. The van der Waals surface area contributed by atoms with Crippen LogP contribution in [0.4, 0.5) is 5.69 Å². The highest BCUT2D eigenvalue weighted by Gasteiger charge is 2.16. The fourth-order valence-corrected chi connectivity index (χ4v) is 3.88. The lowest BCUT2D eigenvalue weighted by Gasteiger charge is -2.25. The summed E-state index contributed by atoms with van der Waals surface area (Å²) >= 11 is 1.44. The second kappa shape index (κ2) is 6.00. The highest BCUT2D eigenvalue weighted by molar-refractivity contribution is 7.07. The summed E-state index contributed by atoms with van der Waals surface area (Å²) in [6, 6.07) is 8.29. The summed E-state index contributed by atoms with van der Waals surface area (Å²) in [6.07, 6.45) is 3.83. The van der Waals surface area contributed by atoms with Gasteiger partial charge in [-0.1, -0.05) is 29.0 Å². The van der Waals surface area contributed by atoms with Crippen LogP contribution in [0.2, 0.25) is 0 Å². The van der Waals surface area contributed by atoms with Crippen molar-refractivity contribution in [3.8, 4) is 0 Å². The number of anilines is 1. The van der Waals surface area contributed by atoms with Gasteiger partial charge in [0.05, 0.1) is 10.2 Å². The molecule has 2 aromatic heterocycles. The van der Waals surface area contributed by atoms with Crippen LogP contribution in [0.25, 0.3) is 6.08 Å². The van der Waals surface area contributed by atoms with E-state index < -0.39 is 0 Å². The Labute approximate surface area is 149 Å². The third kappa shape index (κ3) is 2.91. The summed E-state index contributed by atoms with van der Waals surface area (Å²) in [5, 5.41) is 4.33. The Morgan fingerprint density at radius 1 is 1.20 bits per heavy atom. The summed E-state index contributed by atoms with van der Waals surface area (Å²) in [7, 11) is 1.88. The van der Waals surface area contributed by atoms with E-state index in [-0.39, 0.29) is 5.56 Å². The molecule has 1 aliphatic rings. The van der Waals surface area contributed by atoms with Crippen molar-refractivity contribution >= 4 is 23.1 Å². The fourth-order valence-electron chi connectivity index (χ4n) is 2.93. The van der Waals surface area contributed by atoms with Crippen molar-refractivity contribution in [2.24, 2.45) is 12.0 Å². The Bertz CT molecular complexity index is 1100. The van der Waals surface area contributed by atoms with E-state index in [4.69, 9.17) is 0 Å². The number of hydrogen-bond donors (Lipinski definition) is 0. The largest absolute Gasteiger partial charge is 0.334 e. The average molecular weight is 353 g/mol. The molecule has 0 fully saturated rings. The first kappa shape index (κ1) is 15.8. The van der Waals surface area contributed by atoms with Gasteiger partial charge in [0.25, 0.3) is 5.56 Å². The van der Waals surface area contributed by atoms with Crippen molar-refractivity contribution in [2.75, 3.05) is 11.6 Å². The number of thiazole rings is 1. The molecule has 0 atom stereocenters. The van der Waals surface area contributed by atoms with Gasteiger partial charge in [0.1, 0.15) is 13.3 Å². The van der Waals surface area contributed by atoms with Crippen LogP contribution in [0, 0.1) is 13.8 Å². The number of aryl methyl sites for hydroxylation is 3. The zero-order chi connectivity index (χ0) is 17.6.